The molecule has 0 radical (unpaired) electrons. The Morgan fingerprint density at radius 3 is 2.85 bits per heavy atom. The summed E-state index contributed by atoms with van der Waals surface area (Å²) in [6, 6.07) is 9.32. The van der Waals surface area contributed by atoms with Crippen LogP contribution < -0.4 is 10.1 Å². The molecule has 1 aromatic carbocycles. The largest absolute Gasteiger partial charge is 0.489 e. The number of benzene rings is 1. The number of aliphatic hydroxyl groups excluding tert-OH is 1. The maximum atomic E-state index is 9.85. The Morgan fingerprint density at radius 1 is 1.40 bits per heavy atom. The van der Waals surface area contributed by atoms with Gasteiger partial charge in [0, 0.05) is 26.3 Å². The predicted octanol–water partition coefficient (Wildman–Crippen LogP) is 1.31. The van der Waals surface area contributed by atoms with Gasteiger partial charge in [-0.1, -0.05) is 12.1 Å². The SMILES string of the molecule is COCCC(C)NCC(O)COc1ccccc1C#N. The molecule has 0 aromatic heterocycles. The summed E-state index contributed by atoms with van der Waals surface area (Å²) in [6.45, 7) is 3.33. The molecular weight excluding hydrogens is 256 g/mol. The Balaban J connectivity index is 2.29. The lowest BCUT2D eigenvalue weighted by Crippen LogP contribution is -2.37. The molecule has 5 nitrogen and oxygen atoms in total. The predicted molar refractivity (Wildman–Crippen MR) is 76.6 cm³/mol. The van der Waals surface area contributed by atoms with Gasteiger partial charge in [0.2, 0.25) is 0 Å². The van der Waals surface area contributed by atoms with Crippen molar-refractivity contribution in [3.8, 4) is 11.8 Å². The van der Waals surface area contributed by atoms with Crippen molar-refractivity contribution in [2.24, 2.45) is 0 Å². The molecule has 2 N–H and O–H groups in total. The lowest BCUT2D eigenvalue weighted by atomic mass is 10.2. The zero-order valence-electron chi connectivity index (χ0n) is 12.0. The van der Waals surface area contributed by atoms with Crippen LogP contribution in [0.4, 0.5) is 0 Å². The Morgan fingerprint density at radius 2 is 2.15 bits per heavy atom. The van der Waals surface area contributed by atoms with Crippen molar-refractivity contribution in [2.75, 3.05) is 26.9 Å². The van der Waals surface area contributed by atoms with Gasteiger partial charge in [0.25, 0.3) is 0 Å². The molecule has 0 aliphatic rings. The third-order valence-corrected chi connectivity index (χ3v) is 2.90. The fourth-order valence-electron chi connectivity index (χ4n) is 1.66. The van der Waals surface area contributed by atoms with E-state index in [-0.39, 0.29) is 12.6 Å². The van der Waals surface area contributed by atoms with E-state index in [0.717, 1.165) is 6.42 Å². The topological polar surface area (TPSA) is 74.5 Å². The zero-order valence-corrected chi connectivity index (χ0v) is 12.0. The molecule has 0 saturated carbocycles. The summed E-state index contributed by atoms with van der Waals surface area (Å²) < 4.78 is 10.5. The highest BCUT2D eigenvalue weighted by Crippen LogP contribution is 2.16. The van der Waals surface area contributed by atoms with Crippen molar-refractivity contribution in [3.05, 3.63) is 29.8 Å². The molecule has 110 valence electrons. The molecule has 0 saturated heterocycles. The van der Waals surface area contributed by atoms with Crippen LogP contribution in [-0.4, -0.2) is 44.1 Å². The summed E-state index contributed by atoms with van der Waals surface area (Å²) >= 11 is 0. The third-order valence-electron chi connectivity index (χ3n) is 2.90. The first-order valence-corrected chi connectivity index (χ1v) is 6.69. The van der Waals surface area contributed by atoms with Crippen LogP contribution in [0, 0.1) is 11.3 Å². The van der Waals surface area contributed by atoms with Crippen molar-refractivity contribution in [3.63, 3.8) is 0 Å². The lowest BCUT2D eigenvalue weighted by molar-refractivity contribution is 0.102. The molecule has 2 unspecified atom stereocenters. The van der Waals surface area contributed by atoms with E-state index in [9.17, 15) is 5.11 Å². The number of nitrogens with one attached hydrogen (secondary N) is 1. The maximum Gasteiger partial charge on any atom is 0.137 e. The summed E-state index contributed by atoms with van der Waals surface area (Å²) in [5.41, 5.74) is 0.473. The first-order valence-electron chi connectivity index (χ1n) is 6.69. The summed E-state index contributed by atoms with van der Waals surface area (Å²) in [6.07, 6.45) is 0.271. The number of aliphatic hydroxyl groups is 1. The van der Waals surface area contributed by atoms with Gasteiger partial charge in [-0.2, -0.15) is 5.26 Å². The van der Waals surface area contributed by atoms with E-state index in [4.69, 9.17) is 14.7 Å². The highest BCUT2D eigenvalue weighted by molar-refractivity contribution is 5.42. The molecule has 0 bridgehead atoms. The van der Waals surface area contributed by atoms with E-state index in [1.807, 2.05) is 6.92 Å². The molecule has 0 spiro atoms. The van der Waals surface area contributed by atoms with Crippen molar-refractivity contribution in [2.45, 2.75) is 25.5 Å². The smallest absolute Gasteiger partial charge is 0.137 e. The minimum Gasteiger partial charge on any atom is -0.489 e. The number of nitriles is 1. The summed E-state index contributed by atoms with van der Waals surface area (Å²) in [4.78, 5) is 0. The van der Waals surface area contributed by atoms with Crippen molar-refractivity contribution < 1.29 is 14.6 Å². The van der Waals surface area contributed by atoms with Gasteiger partial charge in [-0.15, -0.1) is 0 Å². The second-order valence-corrected chi connectivity index (χ2v) is 4.66. The number of nitrogens with zero attached hydrogens (tertiary/aromatic N) is 1. The van der Waals surface area contributed by atoms with Gasteiger partial charge in [-0.3, -0.25) is 0 Å². The average Bonchev–Trinajstić information content (AvgIpc) is 2.48. The van der Waals surface area contributed by atoms with Crippen molar-refractivity contribution in [1.82, 2.24) is 5.32 Å². The van der Waals surface area contributed by atoms with E-state index < -0.39 is 6.10 Å². The maximum absolute atomic E-state index is 9.85. The number of hydrogen-bond acceptors (Lipinski definition) is 5. The standard InChI is InChI=1S/C15H22N2O3/c1-12(7-8-19-2)17-10-14(18)11-20-15-6-4-3-5-13(15)9-16/h3-6,12,14,17-18H,7-8,10-11H2,1-2H3. The van der Waals surface area contributed by atoms with E-state index in [1.54, 1.807) is 31.4 Å². The van der Waals surface area contributed by atoms with Gasteiger partial charge >= 0.3 is 0 Å². The second kappa shape index (κ2) is 9.32. The monoisotopic (exact) mass is 278 g/mol. The Bertz CT molecular complexity index is 431. The van der Waals surface area contributed by atoms with Crippen LogP contribution in [0.15, 0.2) is 24.3 Å². The molecule has 0 aliphatic carbocycles. The van der Waals surface area contributed by atoms with E-state index in [2.05, 4.69) is 11.4 Å². The molecule has 20 heavy (non-hydrogen) atoms. The van der Waals surface area contributed by atoms with Crippen molar-refractivity contribution >= 4 is 0 Å². The summed E-state index contributed by atoms with van der Waals surface area (Å²) in [5.74, 6) is 0.501. The summed E-state index contributed by atoms with van der Waals surface area (Å²) in [5, 5.41) is 22.0. The molecule has 2 atom stereocenters. The van der Waals surface area contributed by atoms with Gasteiger partial charge in [0.1, 0.15) is 24.5 Å². The number of methoxy groups -OCH3 is 1. The van der Waals surface area contributed by atoms with Gasteiger partial charge in [0.15, 0.2) is 0 Å². The Kier molecular flexibility index (Phi) is 7.66. The van der Waals surface area contributed by atoms with Gasteiger partial charge in [0.05, 0.1) is 5.56 Å². The highest BCUT2D eigenvalue weighted by Gasteiger charge is 2.09. The first-order chi connectivity index (χ1) is 9.67. The minimum atomic E-state index is -0.619. The minimum absolute atomic E-state index is 0.155. The second-order valence-electron chi connectivity index (χ2n) is 4.66. The lowest BCUT2D eigenvalue weighted by Gasteiger charge is -2.17. The number of hydrogen-bond donors (Lipinski definition) is 2. The van der Waals surface area contributed by atoms with Crippen LogP contribution in [0.1, 0.15) is 18.9 Å². The van der Waals surface area contributed by atoms with Crippen LogP contribution in [0.5, 0.6) is 5.75 Å². The third kappa shape index (κ3) is 6.02. The fraction of sp³-hybridized carbons (Fsp3) is 0.533. The van der Waals surface area contributed by atoms with Crippen molar-refractivity contribution in [1.29, 1.82) is 5.26 Å². The molecule has 0 aliphatic heterocycles. The zero-order chi connectivity index (χ0) is 14.8. The quantitative estimate of drug-likeness (QED) is 0.712. The van der Waals surface area contributed by atoms with E-state index in [1.165, 1.54) is 0 Å². The molecule has 0 amide bonds. The molecular formula is C15H22N2O3. The number of para-hydroxylation sites is 1. The van der Waals surface area contributed by atoms with E-state index in [0.29, 0.717) is 24.5 Å². The Hall–Kier alpha value is -1.61. The van der Waals surface area contributed by atoms with Gasteiger partial charge in [-0.25, -0.2) is 0 Å². The first kappa shape index (κ1) is 16.4. The Labute approximate surface area is 120 Å². The van der Waals surface area contributed by atoms with E-state index >= 15 is 0 Å². The molecule has 0 fully saturated rings. The molecule has 1 rings (SSSR count). The van der Waals surface area contributed by atoms with Crippen LogP contribution in [0.25, 0.3) is 0 Å². The summed E-state index contributed by atoms with van der Waals surface area (Å²) in [7, 11) is 1.67. The van der Waals surface area contributed by atoms with Gasteiger partial charge < -0.3 is 19.9 Å². The molecule has 1 aromatic rings. The normalized spacial score (nSPS) is 13.5. The average molecular weight is 278 g/mol. The van der Waals surface area contributed by atoms with Crippen LogP contribution >= 0.6 is 0 Å². The molecule has 0 heterocycles. The highest BCUT2D eigenvalue weighted by atomic mass is 16.5. The number of ether oxygens (including phenoxy) is 2. The van der Waals surface area contributed by atoms with Crippen LogP contribution in [-0.2, 0) is 4.74 Å². The van der Waals surface area contributed by atoms with Crippen LogP contribution in [0.3, 0.4) is 0 Å². The van der Waals surface area contributed by atoms with Crippen LogP contribution in [0.2, 0.25) is 0 Å². The van der Waals surface area contributed by atoms with Gasteiger partial charge in [-0.05, 0) is 25.5 Å². The molecule has 5 heteroatoms. The fourth-order valence-corrected chi connectivity index (χ4v) is 1.66. The number of rotatable bonds is 9.